The summed E-state index contributed by atoms with van der Waals surface area (Å²) < 4.78 is 51.7. The van der Waals surface area contributed by atoms with Crippen LogP contribution < -0.4 is 0 Å². The second-order valence-electron chi connectivity index (χ2n) is 35.6. The zero-order chi connectivity index (χ0) is 79.1. The van der Waals surface area contributed by atoms with E-state index in [0.717, 1.165) is 50.6 Å². The first-order chi connectivity index (χ1) is 47.5. The molecule has 0 radical (unpaired) electrons. The zero-order valence-electron chi connectivity index (χ0n) is 71.1. The van der Waals surface area contributed by atoms with Crippen LogP contribution in [-0.2, 0) is 5.41 Å². The summed E-state index contributed by atoms with van der Waals surface area (Å²) in [7, 11) is 0. The highest BCUT2D eigenvalue weighted by atomic mass is 35.5. The van der Waals surface area contributed by atoms with Crippen LogP contribution in [0.4, 0.5) is 17.6 Å². The van der Waals surface area contributed by atoms with E-state index in [1.165, 1.54) is 73.7 Å². The van der Waals surface area contributed by atoms with Gasteiger partial charge in [0.15, 0.2) is 23.3 Å². The smallest absolute Gasteiger partial charge is 0.197 e. The maximum Gasteiger partial charge on any atom is 0.197 e. The van der Waals surface area contributed by atoms with Crippen molar-refractivity contribution in [3.8, 4) is 0 Å². The standard InChI is InChI=1S/C15H24.C13H22.C12H18.C11H16.C10H10F4.2C10H14.C9H10Cl2.C7H16/c1-10(2)13-8-7-9-14(11(3)4)15(13)12(5)6;1-9(2)13-6-10-3-11(7-13)5-12(4-10)8-13;1-9-7-6-8-10(2)11(9)12(3,4)5;1-8(2)11-6-9(3)5-10(4)7-11;1-4(2)6-5(3)7(11)9(13)10(14)8(6)12;2*1-8(2)10-7-5-4-6-9(10)3;1-6(2)9-7(10)4-3-5-8(9)11;1-6(2)7(3,4)5/h7-12H,1-6H3;9-12H,3-8H2,1-2H3;6-8H,1-5H3;5-8H,1-4H3;4H,1-3H3;2*4-8H,1-3H3;3-6H,1-2H3;6H,1-5H3. The van der Waals surface area contributed by atoms with Crippen LogP contribution in [0.1, 0.15) is 355 Å². The van der Waals surface area contributed by atoms with Gasteiger partial charge >= 0.3 is 0 Å². The summed E-state index contributed by atoms with van der Waals surface area (Å²) in [6.07, 6.45) is 9.51. The molecule has 0 saturated heterocycles. The minimum atomic E-state index is -1.75. The number of hydrogen-bond donors (Lipinski definition) is 0. The number of halogens is 6. The van der Waals surface area contributed by atoms with Crippen molar-refractivity contribution in [2.24, 2.45) is 40.4 Å². The Bertz CT molecular complexity index is 3450. The molecule has 0 atom stereocenters. The number of aryl methyl sites for hydroxylation is 6. The van der Waals surface area contributed by atoms with Crippen molar-refractivity contribution in [1.29, 1.82) is 0 Å². The van der Waals surface area contributed by atoms with Crippen molar-refractivity contribution in [2.75, 3.05) is 0 Å². The largest absolute Gasteiger partial charge is 0.203 e. The lowest BCUT2D eigenvalue weighted by molar-refractivity contribution is -0.0789. The summed E-state index contributed by atoms with van der Waals surface area (Å²) in [6.45, 7) is 71.7. The van der Waals surface area contributed by atoms with E-state index >= 15 is 0 Å². The Balaban J connectivity index is 0.000000396. The molecule has 6 heteroatoms. The zero-order valence-corrected chi connectivity index (χ0v) is 72.6. The predicted molar refractivity (Wildman–Crippen MR) is 449 cm³/mol. The van der Waals surface area contributed by atoms with E-state index < -0.39 is 23.3 Å². The fraction of sp³-hybridized carbons (Fsp3) is 0.567. The molecule has 574 valence electrons. The van der Waals surface area contributed by atoms with Gasteiger partial charge in [0.05, 0.1) is 0 Å². The second-order valence-corrected chi connectivity index (χ2v) is 36.4. The molecule has 11 rings (SSSR count). The van der Waals surface area contributed by atoms with Gasteiger partial charge in [0.25, 0.3) is 0 Å². The van der Waals surface area contributed by atoms with Gasteiger partial charge in [-0.1, -0.05) is 324 Å². The molecule has 0 amide bonds. The minimum Gasteiger partial charge on any atom is -0.203 e. The lowest BCUT2D eigenvalue weighted by Gasteiger charge is -2.58. The number of benzene rings is 7. The molecular formula is C97H144Cl2F4. The Labute approximate surface area is 640 Å². The third-order valence-corrected chi connectivity index (χ3v) is 22.2. The van der Waals surface area contributed by atoms with Gasteiger partial charge in [0.2, 0.25) is 0 Å². The molecule has 103 heavy (non-hydrogen) atoms. The molecule has 7 aromatic carbocycles. The van der Waals surface area contributed by atoms with E-state index in [1.807, 2.05) is 18.2 Å². The molecule has 0 aromatic heterocycles. The molecule has 4 bridgehead atoms. The molecule has 4 aliphatic carbocycles. The van der Waals surface area contributed by atoms with E-state index in [1.54, 1.807) is 57.9 Å². The molecule has 4 aliphatic rings. The third kappa shape index (κ3) is 29.5. The molecular weight excluding hydrogens is 1310 g/mol. The van der Waals surface area contributed by atoms with Gasteiger partial charge in [0, 0.05) is 10.0 Å². The van der Waals surface area contributed by atoms with Crippen molar-refractivity contribution >= 4 is 23.2 Å². The summed E-state index contributed by atoms with van der Waals surface area (Å²) in [5.41, 5.74) is 21.2. The van der Waals surface area contributed by atoms with Crippen molar-refractivity contribution in [3.63, 3.8) is 0 Å². The van der Waals surface area contributed by atoms with Crippen LogP contribution >= 0.6 is 23.2 Å². The van der Waals surface area contributed by atoms with E-state index in [2.05, 4.69) is 311 Å². The highest BCUT2D eigenvalue weighted by Crippen LogP contribution is 2.62. The quantitative estimate of drug-likeness (QED) is 0.0768. The fourth-order valence-electron chi connectivity index (χ4n) is 15.5. The minimum absolute atomic E-state index is 0.110. The number of hydrogen-bond acceptors (Lipinski definition) is 0. The summed E-state index contributed by atoms with van der Waals surface area (Å²) in [5.74, 6) is 2.88. The average Bonchev–Trinajstić information content (AvgIpc) is 0.746. The molecule has 0 spiro atoms. The van der Waals surface area contributed by atoms with Crippen molar-refractivity contribution in [1.82, 2.24) is 0 Å². The molecule has 0 N–H and O–H groups in total. The van der Waals surface area contributed by atoms with Crippen LogP contribution in [0, 0.1) is 112 Å². The van der Waals surface area contributed by atoms with Crippen molar-refractivity contribution < 1.29 is 17.6 Å². The Kier molecular flexibility index (Phi) is 39.2. The molecule has 7 aromatic rings. The van der Waals surface area contributed by atoms with E-state index in [9.17, 15) is 17.6 Å². The van der Waals surface area contributed by atoms with Crippen molar-refractivity contribution in [2.45, 2.75) is 320 Å². The van der Waals surface area contributed by atoms with Gasteiger partial charge in [-0.05, 0) is 270 Å². The maximum absolute atomic E-state index is 13.2. The van der Waals surface area contributed by atoms with Gasteiger partial charge in [-0.2, -0.15) is 0 Å². The Morgan fingerprint density at radius 1 is 0.350 bits per heavy atom. The van der Waals surface area contributed by atoms with Gasteiger partial charge in [-0.15, -0.1) is 0 Å². The van der Waals surface area contributed by atoms with Crippen LogP contribution in [0.3, 0.4) is 0 Å². The second kappa shape index (κ2) is 43.0. The highest BCUT2D eigenvalue weighted by Gasteiger charge is 2.52. The fourth-order valence-corrected chi connectivity index (χ4v) is 16.3. The Hall–Kier alpha value is -5.16. The monoisotopic (exact) mass is 1460 g/mol. The van der Waals surface area contributed by atoms with Crippen LogP contribution in [0.25, 0.3) is 0 Å². The molecule has 4 saturated carbocycles. The molecule has 0 nitrogen and oxygen atoms in total. The lowest BCUT2D eigenvalue weighted by atomic mass is 9.47. The first-order valence-corrected chi connectivity index (χ1v) is 39.9. The highest BCUT2D eigenvalue weighted by molar-refractivity contribution is 6.36. The topological polar surface area (TPSA) is 0 Å². The molecule has 0 heterocycles. The van der Waals surface area contributed by atoms with E-state index in [4.69, 9.17) is 23.2 Å². The van der Waals surface area contributed by atoms with Gasteiger partial charge in [0.1, 0.15) is 0 Å². The van der Waals surface area contributed by atoms with Crippen molar-refractivity contribution in [3.05, 3.63) is 244 Å². The predicted octanol–water partition coefficient (Wildman–Crippen LogP) is 32.7. The molecule has 4 fully saturated rings. The summed E-state index contributed by atoms with van der Waals surface area (Å²) in [6, 6.07) is 42.7. The normalized spacial score (nSPS) is 16.5. The van der Waals surface area contributed by atoms with Crippen LogP contribution in [-0.4, -0.2) is 0 Å². The van der Waals surface area contributed by atoms with Crippen LogP contribution in [0.2, 0.25) is 10.0 Å². The lowest BCUT2D eigenvalue weighted by Crippen LogP contribution is -2.48. The van der Waals surface area contributed by atoms with Gasteiger partial charge in [-0.3, -0.25) is 0 Å². The van der Waals surface area contributed by atoms with E-state index in [0.29, 0.717) is 46.8 Å². The summed E-state index contributed by atoms with van der Waals surface area (Å²) in [4.78, 5) is 0. The van der Waals surface area contributed by atoms with Gasteiger partial charge < -0.3 is 0 Å². The maximum atomic E-state index is 13.2. The first kappa shape index (κ1) is 93.9. The molecule has 0 unspecified atom stereocenters. The average molecular weight is 1460 g/mol. The Morgan fingerprint density at radius 3 is 0.932 bits per heavy atom. The summed E-state index contributed by atoms with van der Waals surface area (Å²) in [5, 5.41) is 1.51. The van der Waals surface area contributed by atoms with Crippen LogP contribution in [0.5, 0.6) is 0 Å². The third-order valence-electron chi connectivity index (χ3n) is 21.5. The first-order valence-electron chi connectivity index (χ1n) is 39.2. The molecule has 0 aliphatic heterocycles. The van der Waals surface area contributed by atoms with E-state index in [-0.39, 0.29) is 22.5 Å². The Morgan fingerprint density at radius 2 is 0.660 bits per heavy atom. The SMILES string of the molecule is CC(C)C(C)(C)C.CC(C)C12CC3CC(CC(C3)C1)C2.CC(C)c1c(Cl)cccc1Cl.CC(C)c1cccc(C(C)C)c1C(C)C.Cc1c(F)c(F)c(F)c(F)c1C(C)C.Cc1cc(C)cc(C(C)C)c1.Cc1cccc(C)c1C(C)(C)C.Cc1ccccc1C(C)C.Cc1ccccc1C(C)C. The van der Waals surface area contributed by atoms with Crippen LogP contribution in [0.15, 0.2) is 121 Å². The van der Waals surface area contributed by atoms with Gasteiger partial charge in [-0.25, -0.2) is 17.6 Å². The summed E-state index contributed by atoms with van der Waals surface area (Å²) >= 11 is 11.9. The number of rotatable bonds is 9.